The molecule has 318 valence electrons. The van der Waals surface area contributed by atoms with Crippen LogP contribution >= 0.6 is 0 Å². The average Bonchev–Trinajstić information content (AvgIpc) is 3.08. The van der Waals surface area contributed by atoms with Gasteiger partial charge in [0.05, 0.1) is 13.1 Å². The monoisotopic (exact) mass is 797 g/mol. The fourth-order valence-electron chi connectivity index (χ4n) is 9.75. The van der Waals surface area contributed by atoms with Crippen molar-refractivity contribution in [3.8, 4) is 0 Å². The third kappa shape index (κ3) is 9.76. The summed E-state index contributed by atoms with van der Waals surface area (Å²) in [4.78, 5) is 88.3. The highest BCUT2D eigenvalue weighted by Crippen LogP contribution is 2.42. The quantitative estimate of drug-likeness (QED) is 0.150. The summed E-state index contributed by atoms with van der Waals surface area (Å²) in [6.07, 6.45) is 1.55. The lowest BCUT2D eigenvalue weighted by Crippen LogP contribution is -2.62. The Balaban J connectivity index is 1.64. The molecule has 4 saturated heterocycles. The summed E-state index contributed by atoms with van der Waals surface area (Å²) < 4.78 is 18.6. The van der Waals surface area contributed by atoms with E-state index in [1.165, 1.54) is 0 Å². The summed E-state index contributed by atoms with van der Waals surface area (Å²) in [5.74, 6) is 1.04. The number of carbonyl (C=O) groups excluding carboxylic acids is 6. The molecule has 0 saturated carbocycles. The van der Waals surface area contributed by atoms with E-state index in [0.29, 0.717) is 38.5 Å². The molecule has 0 atom stereocenters. The van der Waals surface area contributed by atoms with Crippen molar-refractivity contribution in [2.75, 3.05) is 34.2 Å². The van der Waals surface area contributed by atoms with Crippen LogP contribution in [0.25, 0.3) is 0 Å². The first-order chi connectivity index (χ1) is 26.0. The van der Waals surface area contributed by atoms with Crippen molar-refractivity contribution >= 4 is 35.7 Å². The Labute approximate surface area is 339 Å². The van der Waals surface area contributed by atoms with Crippen LogP contribution in [0.2, 0.25) is 0 Å². The second kappa shape index (κ2) is 16.1. The van der Waals surface area contributed by atoms with E-state index < -0.39 is 61.6 Å². The van der Waals surface area contributed by atoms with Gasteiger partial charge in [-0.05, 0) is 104 Å². The smallest absolute Gasteiger partial charge is 0.334 e. The molecule has 4 heterocycles. The van der Waals surface area contributed by atoms with Crippen molar-refractivity contribution in [1.82, 2.24) is 24.5 Å². The minimum Gasteiger partial charge on any atom is -0.483 e. The van der Waals surface area contributed by atoms with Gasteiger partial charge in [0.1, 0.15) is 24.2 Å². The topological polar surface area (TPSA) is 146 Å². The number of carbonyl (C=O) groups is 3. The van der Waals surface area contributed by atoms with Gasteiger partial charge in [-0.15, -0.1) is 0 Å². The molecule has 4 aliphatic rings. The van der Waals surface area contributed by atoms with Crippen LogP contribution in [0.1, 0.15) is 128 Å². The van der Waals surface area contributed by atoms with Crippen LogP contribution < -0.4 is 0 Å². The van der Waals surface area contributed by atoms with Gasteiger partial charge in [0, 0.05) is 78.2 Å². The number of ether oxygens (including phenoxy) is 3. The van der Waals surface area contributed by atoms with Gasteiger partial charge in [0.2, 0.25) is 11.8 Å². The van der Waals surface area contributed by atoms with E-state index in [4.69, 9.17) is 14.2 Å². The number of allylic oxidation sites excluding steroid dienone is 1. The van der Waals surface area contributed by atoms with Crippen LogP contribution in [0.15, 0.2) is 17.3 Å². The van der Waals surface area contributed by atoms with E-state index in [0.717, 1.165) is 9.80 Å². The fraction of sp³-hybridized carbons (Fsp3) is 0.791. The van der Waals surface area contributed by atoms with Gasteiger partial charge in [-0.1, -0.05) is 0 Å². The fourth-order valence-corrected chi connectivity index (χ4v) is 9.75. The van der Waals surface area contributed by atoms with E-state index in [9.17, 15) is 28.8 Å². The van der Waals surface area contributed by atoms with Crippen molar-refractivity contribution in [2.24, 2.45) is 5.92 Å². The van der Waals surface area contributed by atoms with E-state index in [-0.39, 0.29) is 50.5 Å². The third-order valence-electron chi connectivity index (χ3n) is 13.7. The van der Waals surface area contributed by atoms with Crippen LogP contribution in [-0.4, -0.2) is 146 Å². The molecular formula is C43H67N5O9. The van der Waals surface area contributed by atoms with E-state index in [1.54, 1.807) is 17.8 Å². The number of hydrogen-bond acceptors (Lipinski definition) is 12. The van der Waals surface area contributed by atoms with Crippen molar-refractivity contribution in [3.63, 3.8) is 0 Å². The van der Waals surface area contributed by atoms with Crippen molar-refractivity contribution in [3.05, 3.63) is 17.3 Å². The molecule has 4 amide bonds. The Morgan fingerprint density at radius 3 is 0.982 bits per heavy atom. The lowest BCUT2D eigenvalue weighted by molar-refractivity contribution is -0.150. The zero-order chi connectivity index (χ0) is 43.3. The molecule has 0 aliphatic carbocycles. The average molecular weight is 798 g/mol. The molecule has 14 nitrogen and oxygen atoms in total. The Bertz CT molecular complexity index is 1470. The Morgan fingerprint density at radius 2 is 0.737 bits per heavy atom. The van der Waals surface area contributed by atoms with Crippen molar-refractivity contribution in [1.29, 1.82) is 0 Å². The Morgan fingerprint density at radius 1 is 0.491 bits per heavy atom. The summed E-state index contributed by atoms with van der Waals surface area (Å²) in [6.45, 7) is 23.6. The molecule has 4 aliphatic heterocycles. The standard InChI is InChI=1S/C43H67N5O9/c1-38(2)17-29(18-39(3,4)44(38)13)55-28(25-49)16-34-35(52)47(23-32(26-50)56-30-19-40(5,6)45(14)41(7,8)20-30)37(54)48(36(34)53)24-33(27-51)57-31-21-42(9,10)46(15)43(11,12)22-31/h29-31,34H,16-24H2,1-15H3. The number of imide groups is 2. The second-order valence-electron chi connectivity index (χ2n) is 20.5. The molecule has 14 heteroatoms. The van der Waals surface area contributed by atoms with Gasteiger partial charge in [-0.3, -0.25) is 34.1 Å². The zero-order valence-electron chi connectivity index (χ0n) is 37.1. The molecule has 0 aromatic carbocycles. The molecule has 57 heavy (non-hydrogen) atoms. The summed E-state index contributed by atoms with van der Waals surface area (Å²) >= 11 is 0. The zero-order valence-corrected chi connectivity index (χ0v) is 37.1. The SMILES string of the molecule is CN1C(C)(C)CC(OC(=C=O)CC2C(=O)N(CC(=C=O)OC3CC(C)(C)N(C)C(C)(C)C3)C(=O)N(CC(=C=O)OC3CC(C)(C)N(C)C(C)(C)C3)C2=O)CC1(C)C. The predicted molar refractivity (Wildman–Crippen MR) is 215 cm³/mol. The normalized spacial score (nSPS) is 26.6. The van der Waals surface area contributed by atoms with E-state index >= 15 is 0 Å². The number of likely N-dealkylation sites (tertiary alicyclic amines) is 3. The van der Waals surface area contributed by atoms with Crippen LogP contribution in [0.3, 0.4) is 0 Å². The molecular weight excluding hydrogens is 730 g/mol. The predicted octanol–water partition coefficient (Wildman–Crippen LogP) is 4.93. The third-order valence-corrected chi connectivity index (χ3v) is 13.7. The second-order valence-corrected chi connectivity index (χ2v) is 20.5. The summed E-state index contributed by atoms with van der Waals surface area (Å²) in [5, 5.41) is 0. The molecule has 0 N–H and O–H groups in total. The minimum atomic E-state index is -1.62. The first kappa shape index (κ1) is 45.9. The molecule has 4 rings (SSSR count). The molecule has 0 spiro atoms. The summed E-state index contributed by atoms with van der Waals surface area (Å²) in [7, 11) is 6.10. The molecule has 0 aromatic rings. The van der Waals surface area contributed by atoms with E-state index in [1.807, 2.05) is 21.1 Å². The molecule has 0 unspecified atom stereocenters. The largest absolute Gasteiger partial charge is 0.483 e. The molecule has 0 aromatic heterocycles. The van der Waals surface area contributed by atoms with Crippen LogP contribution in [0.4, 0.5) is 4.79 Å². The molecule has 4 fully saturated rings. The molecule has 0 radical (unpaired) electrons. The van der Waals surface area contributed by atoms with Gasteiger partial charge in [-0.25, -0.2) is 19.2 Å². The van der Waals surface area contributed by atoms with Crippen LogP contribution in [0, 0.1) is 5.92 Å². The first-order valence-corrected chi connectivity index (χ1v) is 20.1. The van der Waals surface area contributed by atoms with Crippen molar-refractivity contribution < 1.29 is 43.0 Å². The number of urea groups is 1. The number of rotatable bonds is 12. The van der Waals surface area contributed by atoms with Gasteiger partial charge in [0.25, 0.3) is 0 Å². The van der Waals surface area contributed by atoms with Gasteiger partial charge in [-0.2, -0.15) is 0 Å². The van der Waals surface area contributed by atoms with Crippen molar-refractivity contribution in [2.45, 2.75) is 180 Å². The number of hydrogen-bond donors (Lipinski definition) is 0. The molecule has 0 bridgehead atoms. The highest BCUT2D eigenvalue weighted by atomic mass is 16.5. The maximum Gasteiger partial charge on any atom is 0.334 e. The van der Waals surface area contributed by atoms with Crippen LogP contribution in [0.5, 0.6) is 0 Å². The maximum atomic E-state index is 14.3. The minimum absolute atomic E-state index is 0.242. The van der Waals surface area contributed by atoms with Crippen LogP contribution in [-0.2, 0) is 38.2 Å². The van der Waals surface area contributed by atoms with Gasteiger partial charge < -0.3 is 14.2 Å². The Kier molecular flexibility index (Phi) is 13.0. The number of piperidine rings is 3. The number of amides is 4. The number of nitrogens with zero attached hydrogens (tertiary/aromatic N) is 5. The summed E-state index contributed by atoms with van der Waals surface area (Å²) in [5.41, 5.74) is -1.76. The highest BCUT2D eigenvalue weighted by Gasteiger charge is 2.51. The summed E-state index contributed by atoms with van der Waals surface area (Å²) in [6, 6.07) is -1.07. The van der Waals surface area contributed by atoms with Gasteiger partial charge >= 0.3 is 6.03 Å². The first-order valence-electron chi connectivity index (χ1n) is 20.1. The van der Waals surface area contributed by atoms with Gasteiger partial charge in [0.15, 0.2) is 35.1 Å². The Hall–Kier alpha value is -3.76. The maximum absolute atomic E-state index is 14.3. The highest BCUT2D eigenvalue weighted by molar-refractivity contribution is 6.16. The lowest BCUT2D eigenvalue weighted by Gasteiger charge is -2.53. The number of barbiturate groups is 1. The lowest BCUT2D eigenvalue weighted by atomic mass is 9.78. The van der Waals surface area contributed by atoms with E-state index in [2.05, 4.69) is 97.8 Å².